The molecule has 0 aliphatic heterocycles. The third-order valence-corrected chi connectivity index (χ3v) is 5.97. The average molecular weight is 512 g/mol. The Morgan fingerprint density at radius 3 is 2.16 bits per heavy atom. The first-order valence-corrected chi connectivity index (χ1v) is 11.5. The Hall–Kier alpha value is -4.34. The first-order valence-electron chi connectivity index (χ1n) is 11.5. The number of imidazole rings is 1. The van der Waals surface area contributed by atoms with E-state index in [1.54, 1.807) is 24.3 Å². The van der Waals surface area contributed by atoms with Gasteiger partial charge >= 0.3 is 12.1 Å². The van der Waals surface area contributed by atoms with Gasteiger partial charge in [-0.25, -0.2) is 4.98 Å². The lowest BCUT2D eigenvalue weighted by Crippen LogP contribution is -2.25. The van der Waals surface area contributed by atoms with Crippen LogP contribution in [0.1, 0.15) is 30.7 Å². The molecule has 0 fully saturated rings. The Morgan fingerprint density at radius 2 is 1.57 bits per heavy atom. The van der Waals surface area contributed by atoms with E-state index in [2.05, 4.69) is 0 Å². The number of carbonyl (C=O) groups is 2. The summed E-state index contributed by atoms with van der Waals surface area (Å²) in [5.74, 6) is -0.737. The molecule has 0 bridgehead atoms. The lowest BCUT2D eigenvalue weighted by molar-refractivity contribution is -0.138. The number of carboxylic acid groups (broad SMARTS) is 1. The molecule has 3 N–H and O–H groups in total. The van der Waals surface area contributed by atoms with E-state index in [9.17, 15) is 22.8 Å². The topological polar surface area (TPSA) is 107 Å². The number of nitrogens with zero attached hydrogens (tertiary/aromatic N) is 2. The van der Waals surface area contributed by atoms with Crippen molar-refractivity contribution < 1.29 is 32.6 Å². The van der Waals surface area contributed by atoms with Crippen molar-refractivity contribution in [2.24, 2.45) is 11.7 Å². The van der Waals surface area contributed by atoms with Crippen LogP contribution in [-0.4, -0.2) is 26.5 Å². The van der Waals surface area contributed by atoms with Crippen molar-refractivity contribution in [2.45, 2.75) is 31.9 Å². The molecular formula is C27H24F3N3O4. The SMILES string of the molecule is NC(=O)C(CCC(=O)O)CCc1nc2ccccc2n1-c1ccc(Oc2ccc(C(F)(F)F)cc2)cc1. The van der Waals surface area contributed by atoms with E-state index in [4.69, 9.17) is 20.6 Å². The Labute approximate surface area is 210 Å². The number of para-hydroxylation sites is 2. The molecule has 1 atom stereocenters. The number of benzene rings is 3. The van der Waals surface area contributed by atoms with Gasteiger partial charge in [-0.1, -0.05) is 12.1 Å². The normalized spacial score (nSPS) is 12.4. The van der Waals surface area contributed by atoms with Crippen LogP contribution < -0.4 is 10.5 Å². The first kappa shape index (κ1) is 25.7. The number of halogens is 3. The van der Waals surface area contributed by atoms with Crippen molar-refractivity contribution >= 4 is 22.9 Å². The molecule has 1 unspecified atom stereocenters. The molecule has 0 saturated heterocycles. The number of aryl methyl sites for hydroxylation is 1. The Bertz CT molecular complexity index is 1400. The molecule has 4 rings (SSSR count). The van der Waals surface area contributed by atoms with E-state index < -0.39 is 29.5 Å². The van der Waals surface area contributed by atoms with Crippen LogP contribution in [-0.2, 0) is 22.2 Å². The van der Waals surface area contributed by atoms with Gasteiger partial charge < -0.3 is 15.6 Å². The summed E-state index contributed by atoms with van der Waals surface area (Å²) in [6, 6.07) is 19.0. The summed E-state index contributed by atoms with van der Waals surface area (Å²) in [6.45, 7) is 0. The number of aliphatic carboxylic acids is 1. The van der Waals surface area contributed by atoms with Crippen LogP contribution in [0.25, 0.3) is 16.7 Å². The Morgan fingerprint density at radius 1 is 0.946 bits per heavy atom. The summed E-state index contributed by atoms with van der Waals surface area (Å²) in [7, 11) is 0. The Kier molecular flexibility index (Phi) is 7.47. The van der Waals surface area contributed by atoms with Crippen LogP contribution in [0.2, 0.25) is 0 Å². The Balaban J connectivity index is 1.56. The second-order valence-corrected chi connectivity index (χ2v) is 8.54. The molecule has 0 saturated carbocycles. The predicted octanol–water partition coefficient (Wildman–Crippen LogP) is 5.74. The van der Waals surface area contributed by atoms with Crippen LogP contribution >= 0.6 is 0 Å². The zero-order valence-electron chi connectivity index (χ0n) is 19.6. The number of amides is 1. The number of ether oxygens (including phenoxy) is 1. The quantitative estimate of drug-likeness (QED) is 0.283. The van der Waals surface area contributed by atoms with Gasteiger partial charge in [0.25, 0.3) is 0 Å². The van der Waals surface area contributed by atoms with E-state index >= 15 is 0 Å². The largest absolute Gasteiger partial charge is 0.481 e. The minimum Gasteiger partial charge on any atom is -0.481 e. The van der Waals surface area contributed by atoms with Gasteiger partial charge in [0.15, 0.2) is 0 Å². The highest BCUT2D eigenvalue weighted by atomic mass is 19.4. The lowest BCUT2D eigenvalue weighted by Gasteiger charge is -2.14. The van der Waals surface area contributed by atoms with Gasteiger partial charge in [0.1, 0.15) is 17.3 Å². The summed E-state index contributed by atoms with van der Waals surface area (Å²) < 4.78 is 46.0. The third-order valence-electron chi connectivity index (χ3n) is 5.97. The molecule has 192 valence electrons. The molecule has 7 nitrogen and oxygen atoms in total. The maximum Gasteiger partial charge on any atom is 0.416 e. The van der Waals surface area contributed by atoms with Crippen molar-refractivity contribution in [2.75, 3.05) is 0 Å². The van der Waals surface area contributed by atoms with E-state index in [1.807, 2.05) is 28.8 Å². The highest BCUT2D eigenvalue weighted by Crippen LogP contribution is 2.32. The monoisotopic (exact) mass is 511 g/mol. The number of rotatable bonds is 10. The van der Waals surface area contributed by atoms with Gasteiger partial charge in [0.2, 0.25) is 5.91 Å². The number of hydrogen-bond acceptors (Lipinski definition) is 4. The number of carboxylic acids is 1. The van der Waals surface area contributed by atoms with Gasteiger partial charge in [0.05, 0.1) is 16.6 Å². The second-order valence-electron chi connectivity index (χ2n) is 8.54. The molecule has 0 spiro atoms. The number of alkyl halides is 3. The zero-order chi connectivity index (χ0) is 26.6. The fourth-order valence-corrected chi connectivity index (χ4v) is 4.07. The molecule has 0 aliphatic rings. The molecule has 4 aromatic rings. The predicted molar refractivity (Wildman–Crippen MR) is 130 cm³/mol. The van der Waals surface area contributed by atoms with Crippen molar-refractivity contribution in [3.63, 3.8) is 0 Å². The highest BCUT2D eigenvalue weighted by Gasteiger charge is 2.30. The molecule has 1 heterocycles. The summed E-state index contributed by atoms with van der Waals surface area (Å²) in [5, 5.41) is 8.95. The molecule has 0 radical (unpaired) electrons. The fourth-order valence-electron chi connectivity index (χ4n) is 4.07. The van der Waals surface area contributed by atoms with Crippen molar-refractivity contribution in [3.05, 3.63) is 84.2 Å². The van der Waals surface area contributed by atoms with Crippen LogP contribution in [0, 0.1) is 5.92 Å². The molecule has 1 aromatic heterocycles. The van der Waals surface area contributed by atoms with Crippen LogP contribution in [0.4, 0.5) is 13.2 Å². The number of fused-ring (bicyclic) bond motifs is 1. The molecule has 1 amide bonds. The van der Waals surface area contributed by atoms with E-state index in [1.165, 1.54) is 12.1 Å². The lowest BCUT2D eigenvalue weighted by atomic mass is 9.96. The number of aromatic nitrogens is 2. The zero-order valence-corrected chi connectivity index (χ0v) is 19.6. The first-order chi connectivity index (χ1) is 17.6. The minimum atomic E-state index is -4.42. The van der Waals surface area contributed by atoms with Crippen LogP contribution in [0.5, 0.6) is 11.5 Å². The van der Waals surface area contributed by atoms with Gasteiger partial charge in [0, 0.05) is 24.4 Å². The number of primary amides is 1. The fraction of sp³-hybridized carbons (Fsp3) is 0.222. The third kappa shape index (κ3) is 6.27. The van der Waals surface area contributed by atoms with Gasteiger partial charge in [-0.05, 0) is 73.5 Å². The van der Waals surface area contributed by atoms with Crippen molar-refractivity contribution in [1.82, 2.24) is 9.55 Å². The number of nitrogens with two attached hydrogens (primary N) is 1. The maximum atomic E-state index is 12.8. The summed E-state index contributed by atoms with van der Waals surface area (Å²) in [4.78, 5) is 27.5. The van der Waals surface area contributed by atoms with Crippen molar-refractivity contribution in [1.29, 1.82) is 0 Å². The van der Waals surface area contributed by atoms with Gasteiger partial charge in [-0.15, -0.1) is 0 Å². The van der Waals surface area contributed by atoms with E-state index in [0.717, 1.165) is 28.9 Å². The molecule has 37 heavy (non-hydrogen) atoms. The highest BCUT2D eigenvalue weighted by molar-refractivity contribution is 5.79. The van der Waals surface area contributed by atoms with E-state index in [-0.39, 0.29) is 18.6 Å². The van der Waals surface area contributed by atoms with Crippen molar-refractivity contribution in [3.8, 4) is 17.2 Å². The van der Waals surface area contributed by atoms with Gasteiger partial charge in [-0.2, -0.15) is 13.2 Å². The smallest absolute Gasteiger partial charge is 0.416 e. The van der Waals surface area contributed by atoms with E-state index in [0.29, 0.717) is 24.4 Å². The average Bonchev–Trinajstić information content (AvgIpc) is 3.22. The number of carbonyl (C=O) groups excluding carboxylic acids is 1. The van der Waals surface area contributed by atoms with Crippen LogP contribution in [0.15, 0.2) is 72.8 Å². The summed E-state index contributed by atoms with van der Waals surface area (Å²) in [6.07, 6.45) is -3.67. The summed E-state index contributed by atoms with van der Waals surface area (Å²) >= 11 is 0. The standard InChI is InChI=1S/C27H24F3N3O4/c28-27(29,30)18-7-11-20(12-8-18)37-21-13-9-19(10-14-21)33-23-4-2-1-3-22(23)32-24(33)15-5-17(26(31)36)6-16-25(34)35/h1-4,7-14,17H,5-6,15-16H2,(H2,31,36)(H,34,35). The molecule has 0 aliphatic carbocycles. The minimum absolute atomic E-state index is 0.148. The number of hydrogen-bond donors (Lipinski definition) is 2. The summed E-state index contributed by atoms with van der Waals surface area (Å²) in [5.41, 5.74) is 7.10. The van der Waals surface area contributed by atoms with Crippen LogP contribution in [0.3, 0.4) is 0 Å². The molecule has 10 heteroatoms. The second kappa shape index (κ2) is 10.7. The van der Waals surface area contributed by atoms with Gasteiger partial charge in [-0.3, -0.25) is 14.2 Å². The molecular weight excluding hydrogens is 487 g/mol. The maximum absolute atomic E-state index is 12.8. The molecule has 3 aromatic carbocycles.